The standard InChI is InChI=1S/C10H20N2O2S.ClH/c1-2-7-15(13,14)12(9-3-4-9)10-5-6-11-8-10;/h9-11H,2-8H2,1H3;1H. The summed E-state index contributed by atoms with van der Waals surface area (Å²) in [6.07, 6.45) is 3.80. The molecule has 1 aliphatic carbocycles. The maximum Gasteiger partial charge on any atom is 0.214 e. The van der Waals surface area contributed by atoms with E-state index < -0.39 is 10.0 Å². The molecule has 1 unspecified atom stereocenters. The quantitative estimate of drug-likeness (QED) is 0.809. The molecule has 0 radical (unpaired) electrons. The van der Waals surface area contributed by atoms with Crippen molar-refractivity contribution in [2.75, 3.05) is 18.8 Å². The highest BCUT2D eigenvalue weighted by atomic mass is 35.5. The first-order valence-electron chi connectivity index (χ1n) is 5.87. The number of halogens is 1. The molecule has 0 amide bonds. The average molecular weight is 269 g/mol. The molecule has 4 nitrogen and oxygen atoms in total. The molecule has 0 aromatic heterocycles. The molecular weight excluding hydrogens is 248 g/mol. The van der Waals surface area contributed by atoms with Crippen molar-refractivity contribution in [1.82, 2.24) is 9.62 Å². The highest BCUT2D eigenvalue weighted by Gasteiger charge is 2.41. The second kappa shape index (κ2) is 5.67. The predicted molar refractivity (Wildman–Crippen MR) is 67.5 cm³/mol. The Morgan fingerprint density at radius 3 is 2.38 bits per heavy atom. The van der Waals surface area contributed by atoms with E-state index in [4.69, 9.17) is 0 Å². The van der Waals surface area contributed by atoms with E-state index in [9.17, 15) is 8.42 Å². The van der Waals surface area contributed by atoms with Gasteiger partial charge in [-0.25, -0.2) is 8.42 Å². The van der Waals surface area contributed by atoms with E-state index in [1.807, 2.05) is 6.92 Å². The highest BCUT2D eigenvalue weighted by Crippen LogP contribution is 2.33. The average Bonchev–Trinajstić information content (AvgIpc) is 2.80. The maximum atomic E-state index is 12.1. The van der Waals surface area contributed by atoms with Gasteiger partial charge in [0, 0.05) is 18.6 Å². The van der Waals surface area contributed by atoms with Crippen LogP contribution in [0.5, 0.6) is 0 Å². The smallest absolute Gasteiger partial charge is 0.214 e. The van der Waals surface area contributed by atoms with Crippen molar-refractivity contribution in [3.63, 3.8) is 0 Å². The number of nitrogens with zero attached hydrogens (tertiary/aromatic N) is 1. The van der Waals surface area contributed by atoms with E-state index in [0.717, 1.165) is 32.4 Å². The molecule has 1 N–H and O–H groups in total. The lowest BCUT2D eigenvalue weighted by Crippen LogP contribution is -2.44. The van der Waals surface area contributed by atoms with Crippen molar-refractivity contribution in [1.29, 1.82) is 0 Å². The maximum absolute atomic E-state index is 12.1. The summed E-state index contributed by atoms with van der Waals surface area (Å²) < 4.78 is 26.0. The van der Waals surface area contributed by atoms with E-state index in [0.29, 0.717) is 18.2 Å². The third-order valence-corrected chi connectivity index (χ3v) is 5.25. The fourth-order valence-corrected chi connectivity index (χ4v) is 4.33. The van der Waals surface area contributed by atoms with E-state index in [2.05, 4.69) is 5.32 Å². The summed E-state index contributed by atoms with van der Waals surface area (Å²) in [5.41, 5.74) is 0. The normalized spacial score (nSPS) is 25.8. The molecule has 0 bridgehead atoms. The Bertz CT molecular complexity index is 311. The molecule has 2 aliphatic rings. The van der Waals surface area contributed by atoms with Gasteiger partial charge in [0.1, 0.15) is 0 Å². The number of sulfonamides is 1. The minimum Gasteiger partial charge on any atom is -0.315 e. The van der Waals surface area contributed by atoms with E-state index in [1.54, 1.807) is 4.31 Å². The van der Waals surface area contributed by atoms with Crippen LogP contribution in [0.3, 0.4) is 0 Å². The molecule has 1 aliphatic heterocycles. The van der Waals surface area contributed by atoms with Gasteiger partial charge in [0.2, 0.25) is 10.0 Å². The number of rotatable bonds is 5. The predicted octanol–water partition coefficient (Wildman–Crippen LogP) is 0.974. The summed E-state index contributed by atoms with van der Waals surface area (Å²) in [6, 6.07) is 0.528. The van der Waals surface area contributed by atoms with E-state index >= 15 is 0 Å². The molecule has 2 fully saturated rings. The Hall–Kier alpha value is 0.160. The second-order valence-corrected chi connectivity index (χ2v) is 6.52. The van der Waals surface area contributed by atoms with Crippen LogP contribution in [0.25, 0.3) is 0 Å². The van der Waals surface area contributed by atoms with Gasteiger partial charge in [-0.15, -0.1) is 12.4 Å². The lowest BCUT2D eigenvalue weighted by Gasteiger charge is -2.27. The Morgan fingerprint density at radius 2 is 1.94 bits per heavy atom. The Morgan fingerprint density at radius 1 is 1.25 bits per heavy atom. The summed E-state index contributed by atoms with van der Waals surface area (Å²) in [7, 11) is -3.00. The van der Waals surface area contributed by atoms with Crippen molar-refractivity contribution >= 4 is 22.4 Å². The van der Waals surface area contributed by atoms with Crippen LogP contribution in [0.1, 0.15) is 32.6 Å². The van der Waals surface area contributed by atoms with Crippen molar-refractivity contribution in [2.24, 2.45) is 0 Å². The molecule has 16 heavy (non-hydrogen) atoms. The minimum absolute atomic E-state index is 0. The van der Waals surface area contributed by atoms with Gasteiger partial charge < -0.3 is 5.32 Å². The Labute approximate surface area is 104 Å². The summed E-state index contributed by atoms with van der Waals surface area (Å²) in [6.45, 7) is 3.71. The van der Waals surface area contributed by atoms with Gasteiger partial charge in [-0.1, -0.05) is 6.92 Å². The third kappa shape index (κ3) is 3.09. The van der Waals surface area contributed by atoms with Gasteiger partial charge >= 0.3 is 0 Å². The van der Waals surface area contributed by atoms with Gasteiger partial charge in [0.05, 0.1) is 5.75 Å². The van der Waals surface area contributed by atoms with Crippen LogP contribution in [-0.4, -0.2) is 43.6 Å². The zero-order valence-corrected chi connectivity index (χ0v) is 11.3. The fraction of sp³-hybridized carbons (Fsp3) is 1.00. The lowest BCUT2D eigenvalue weighted by atomic mass is 10.2. The summed E-state index contributed by atoms with van der Waals surface area (Å²) in [4.78, 5) is 0. The minimum atomic E-state index is -3.00. The van der Waals surface area contributed by atoms with Crippen LogP contribution in [0.4, 0.5) is 0 Å². The number of hydrogen-bond acceptors (Lipinski definition) is 3. The van der Waals surface area contributed by atoms with Crippen molar-refractivity contribution in [3.05, 3.63) is 0 Å². The lowest BCUT2D eigenvalue weighted by molar-refractivity contribution is 0.327. The van der Waals surface area contributed by atoms with Crippen LogP contribution >= 0.6 is 12.4 Å². The van der Waals surface area contributed by atoms with Crippen molar-refractivity contribution < 1.29 is 8.42 Å². The van der Waals surface area contributed by atoms with Gasteiger partial charge in [0.25, 0.3) is 0 Å². The second-order valence-electron chi connectivity index (χ2n) is 4.52. The van der Waals surface area contributed by atoms with E-state index in [1.165, 1.54) is 0 Å². The SMILES string of the molecule is CCCS(=O)(=O)N(C1CC1)C1CCNC1.Cl. The van der Waals surface area contributed by atoms with Crippen LogP contribution in [0.2, 0.25) is 0 Å². The first kappa shape index (κ1) is 14.2. The Kier molecular flexibility index (Phi) is 5.04. The molecular formula is C10H21ClN2O2S. The van der Waals surface area contributed by atoms with Gasteiger partial charge in [-0.2, -0.15) is 4.31 Å². The largest absolute Gasteiger partial charge is 0.315 e. The summed E-state index contributed by atoms with van der Waals surface area (Å²) in [5, 5.41) is 3.24. The van der Waals surface area contributed by atoms with Crippen molar-refractivity contribution in [3.8, 4) is 0 Å². The molecule has 0 spiro atoms. The fourth-order valence-electron chi connectivity index (χ4n) is 2.30. The van der Waals surface area contributed by atoms with Gasteiger partial charge in [-0.05, 0) is 32.2 Å². The molecule has 2 rings (SSSR count). The topological polar surface area (TPSA) is 49.4 Å². The third-order valence-electron chi connectivity index (χ3n) is 3.08. The van der Waals surface area contributed by atoms with Crippen molar-refractivity contribution in [2.45, 2.75) is 44.7 Å². The molecule has 6 heteroatoms. The first-order valence-corrected chi connectivity index (χ1v) is 7.48. The summed E-state index contributed by atoms with van der Waals surface area (Å²) >= 11 is 0. The van der Waals surface area contributed by atoms with Crippen LogP contribution in [0.15, 0.2) is 0 Å². The zero-order valence-electron chi connectivity index (χ0n) is 9.68. The summed E-state index contributed by atoms with van der Waals surface area (Å²) in [5.74, 6) is 0.306. The van der Waals surface area contributed by atoms with E-state index in [-0.39, 0.29) is 18.4 Å². The highest BCUT2D eigenvalue weighted by molar-refractivity contribution is 7.89. The molecule has 1 atom stereocenters. The monoisotopic (exact) mass is 268 g/mol. The molecule has 0 aromatic carbocycles. The van der Waals surface area contributed by atoms with Gasteiger partial charge in [0.15, 0.2) is 0 Å². The molecule has 1 heterocycles. The first-order chi connectivity index (χ1) is 7.15. The Balaban J connectivity index is 0.00000128. The molecule has 0 aromatic rings. The molecule has 1 saturated heterocycles. The van der Waals surface area contributed by atoms with Crippen LogP contribution < -0.4 is 5.32 Å². The van der Waals surface area contributed by atoms with Crippen LogP contribution in [0, 0.1) is 0 Å². The zero-order chi connectivity index (χ0) is 10.9. The molecule has 1 saturated carbocycles. The molecule has 96 valence electrons. The van der Waals surface area contributed by atoms with Gasteiger partial charge in [-0.3, -0.25) is 0 Å². The number of nitrogens with one attached hydrogen (secondary N) is 1. The van der Waals surface area contributed by atoms with Crippen LogP contribution in [-0.2, 0) is 10.0 Å². The number of hydrogen-bond donors (Lipinski definition) is 1.